The van der Waals surface area contributed by atoms with Gasteiger partial charge in [-0.1, -0.05) is 78.9 Å². The summed E-state index contributed by atoms with van der Waals surface area (Å²) in [6.07, 6.45) is 0.649. The molecule has 4 nitrogen and oxygen atoms in total. The summed E-state index contributed by atoms with van der Waals surface area (Å²) < 4.78 is 5.64. The summed E-state index contributed by atoms with van der Waals surface area (Å²) in [6.45, 7) is 0.293. The quantitative estimate of drug-likeness (QED) is 0.516. The number of benzene rings is 3. The zero-order valence-corrected chi connectivity index (χ0v) is 16.7. The van der Waals surface area contributed by atoms with Gasteiger partial charge in [0, 0.05) is 12.3 Å². The van der Waals surface area contributed by atoms with Crippen LogP contribution in [0.1, 0.15) is 47.8 Å². The lowest BCUT2D eigenvalue weighted by Gasteiger charge is -2.17. The van der Waals surface area contributed by atoms with Gasteiger partial charge < -0.3 is 9.84 Å². The van der Waals surface area contributed by atoms with Crippen LogP contribution < -0.4 is 0 Å². The first-order valence-electron chi connectivity index (χ1n) is 10.2. The second-order valence-electron chi connectivity index (χ2n) is 7.65. The number of aliphatic carboxylic acids is 1. The molecule has 0 fully saturated rings. The number of hydrogen-bond donors (Lipinski definition) is 1. The smallest absolute Gasteiger partial charge is 0.305 e. The molecule has 1 aliphatic carbocycles. The largest absolute Gasteiger partial charge is 0.481 e. The van der Waals surface area contributed by atoms with E-state index in [-0.39, 0.29) is 30.6 Å². The predicted octanol–water partition coefficient (Wildman–Crippen LogP) is 5.38. The molecule has 4 rings (SSSR count). The highest BCUT2D eigenvalue weighted by molar-refractivity contribution is 5.79. The summed E-state index contributed by atoms with van der Waals surface area (Å²) >= 11 is 0. The molecule has 0 bridgehead atoms. The fraction of sp³-hybridized carbons (Fsp3) is 0.231. The summed E-state index contributed by atoms with van der Waals surface area (Å²) in [6, 6.07) is 25.9. The van der Waals surface area contributed by atoms with Crippen molar-refractivity contribution in [1.82, 2.24) is 0 Å². The number of hydrogen-bond acceptors (Lipinski definition) is 3. The summed E-state index contributed by atoms with van der Waals surface area (Å²) in [4.78, 5) is 23.7. The van der Waals surface area contributed by atoms with E-state index < -0.39 is 5.97 Å². The van der Waals surface area contributed by atoms with E-state index in [0.717, 1.165) is 5.56 Å². The van der Waals surface area contributed by atoms with Crippen molar-refractivity contribution >= 4 is 11.9 Å². The molecule has 0 spiro atoms. The van der Waals surface area contributed by atoms with Crippen LogP contribution in [0.5, 0.6) is 0 Å². The van der Waals surface area contributed by atoms with Crippen molar-refractivity contribution in [3.63, 3.8) is 0 Å². The van der Waals surface area contributed by atoms with Gasteiger partial charge in [0.2, 0.25) is 0 Å². The molecule has 0 aromatic heterocycles. The van der Waals surface area contributed by atoms with E-state index in [9.17, 15) is 14.7 Å². The molecule has 0 saturated heterocycles. The van der Waals surface area contributed by atoms with Gasteiger partial charge in [-0.05, 0) is 40.2 Å². The third-order valence-corrected chi connectivity index (χ3v) is 5.76. The second kappa shape index (κ2) is 8.95. The minimum Gasteiger partial charge on any atom is -0.481 e. The maximum absolute atomic E-state index is 12.5. The van der Waals surface area contributed by atoms with Crippen molar-refractivity contribution in [2.45, 2.75) is 31.1 Å². The molecule has 30 heavy (non-hydrogen) atoms. The monoisotopic (exact) mass is 400 g/mol. The Morgan fingerprint density at radius 1 is 0.833 bits per heavy atom. The Hall–Kier alpha value is -3.40. The van der Waals surface area contributed by atoms with E-state index in [2.05, 4.69) is 24.3 Å². The number of rotatable bonds is 8. The van der Waals surface area contributed by atoms with E-state index >= 15 is 0 Å². The summed E-state index contributed by atoms with van der Waals surface area (Å²) in [7, 11) is 0. The van der Waals surface area contributed by atoms with Crippen molar-refractivity contribution in [2.24, 2.45) is 0 Å². The minimum absolute atomic E-state index is 0.000664. The van der Waals surface area contributed by atoms with Gasteiger partial charge in [0.25, 0.3) is 0 Å². The number of carbonyl (C=O) groups is 2. The maximum atomic E-state index is 12.5. The van der Waals surface area contributed by atoms with Gasteiger partial charge in [-0.25, -0.2) is 0 Å². The first-order chi connectivity index (χ1) is 14.6. The normalized spacial score (nSPS) is 13.3. The molecular formula is C26H24O4. The van der Waals surface area contributed by atoms with Crippen molar-refractivity contribution in [2.75, 3.05) is 6.61 Å². The van der Waals surface area contributed by atoms with Crippen LogP contribution in [0.3, 0.4) is 0 Å². The number of ether oxygens (including phenoxy) is 1. The van der Waals surface area contributed by atoms with Crippen LogP contribution in [-0.2, 0) is 14.3 Å². The molecule has 4 heteroatoms. The van der Waals surface area contributed by atoms with Gasteiger partial charge in [-0.2, -0.15) is 0 Å². The average Bonchev–Trinajstić information content (AvgIpc) is 3.09. The Bertz CT molecular complexity index is 996. The summed E-state index contributed by atoms with van der Waals surface area (Å²) in [5.41, 5.74) is 5.69. The van der Waals surface area contributed by atoms with Crippen LogP contribution in [0.15, 0.2) is 78.9 Å². The third-order valence-electron chi connectivity index (χ3n) is 5.76. The predicted molar refractivity (Wildman–Crippen MR) is 115 cm³/mol. The topological polar surface area (TPSA) is 63.6 Å². The third kappa shape index (κ3) is 4.28. The maximum Gasteiger partial charge on any atom is 0.305 e. The first kappa shape index (κ1) is 19.9. The van der Waals surface area contributed by atoms with Crippen molar-refractivity contribution < 1.29 is 19.4 Å². The van der Waals surface area contributed by atoms with Crippen LogP contribution >= 0.6 is 0 Å². The Kier molecular flexibility index (Phi) is 5.94. The molecule has 1 N–H and O–H groups in total. The lowest BCUT2D eigenvalue weighted by Crippen LogP contribution is -2.14. The lowest BCUT2D eigenvalue weighted by atomic mass is 9.91. The van der Waals surface area contributed by atoms with Gasteiger partial charge in [0.15, 0.2) is 0 Å². The lowest BCUT2D eigenvalue weighted by molar-refractivity contribution is -0.144. The van der Waals surface area contributed by atoms with E-state index in [1.807, 2.05) is 54.6 Å². The van der Waals surface area contributed by atoms with Crippen molar-refractivity contribution in [3.05, 3.63) is 95.6 Å². The molecular weight excluding hydrogens is 376 g/mol. The highest BCUT2D eigenvalue weighted by Crippen LogP contribution is 2.44. The minimum atomic E-state index is -0.864. The number of carboxylic acid groups (broad SMARTS) is 1. The second-order valence-corrected chi connectivity index (χ2v) is 7.65. The molecule has 152 valence electrons. The van der Waals surface area contributed by atoms with E-state index in [1.165, 1.54) is 22.3 Å². The number of esters is 1. The van der Waals surface area contributed by atoms with Crippen LogP contribution in [0.2, 0.25) is 0 Å². The van der Waals surface area contributed by atoms with Gasteiger partial charge in [-0.3, -0.25) is 9.59 Å². The molecule has 0 heterocycles. The van der Waals surface area contributed by atoms with E-state index in [0.29, 0.717) is 13.0 Å². The van der Waals surface area contributed by atoms with Crippen LogP contribution in [0, 0.1) is 0 Å². The highest BCUT2D eigenvalue weighted by atomic mass is 16.5. The Morgan fingerprint density at radius 2 is 1.40 bits per heavy atom. The zero-order chi connectivity index (χ0) is 20.9. The Morgan fingerprint density at radius 3 is 2.00 bits per heavy atom. The van der Waals surface area contributed by atoms with E-state index in [4.69, 9.17) is 4.74 Å². The molecule has 0 aliphatic heterocycles. The SMILES string of the molecule is O=C(O)CC(CCC(=O)OCC1c2ccccc2-c2ccccc21)c1ccccc1. The van der Waals surface area contributed by atoms with Gasteiger partial charge in [-0.15, -0.1) is 0 Å². The molecule has 0 radical (unpaired) electrons. The standard InChI is InChI=1S/C26H24O4/c27-25(28)16-19(18-8-2-1-3-9-18)14-15-26(29)30-17-24-22-12-6-4-10-20(22)21-11-5-7-13-23(21)24/h1-13,19,24H,14-17H2,(H,27,28). The van der Waals surface area contributed by atoms with Crippen LogP contribution in [0.4, 0.5) is 0 Å². The molecule has 1 aliphatic rings. The Labute approximate surface area is 176 Å². The van der Waals surface area contributed by atoms with Crippen molar-refractivity contribution in [3.8, 4) is 11.1 Å². The molecule has 3 aromatic carbocycles. The molecule has 3 aromatic rings. The average molecular weight is 400 g/mol. The van der Waals surface area contributed by atoms with Gasteiger partial charge in [0.05, 0.1) is 6.42 Å². The highest BCUT2D eigenvalue weighted by Gasteiger charge is 2.29. The van der Waals surface area contributed by atoms with Crippen LogP contribution in [-0.4, -0.2) is 23.7 Å². The fourth-order valence-electron chi connectivity index (χ4n) is 4.30. The Balaban J connectivity index is 1.40. The number of fused-ring (bicyclic) bond motifs is 3. The van der Waals surface area contributed by atoms with E-state index in [1.54, 1.807) is 0 Å². The summed E-state index contributed by atoms with van der Waals surface area (Å²) in [5.74, 6) is -1.32. The number of carbonyl (C=O) groups excluding carboxylic acids is 1. The first-order valence-corrected chi connectivity index (χ1v) is 10.2. The van der Waals surface area contributed by atoms with Gasteiger partial charge in [0.1, 0.15) is 6.61 Å². The van der Waals surface area contributed by atoms with Gasteiger partial charge >= 0.3 is 11.9 Å². The summed E-state index contributed by atoms with van der Waals surface area (Å²) in [5, 5.41) is 9.23. The van der Waals surface area contributed by atoms with Crippen molar-refractivity contribution in [1.29, 1.82) is 0 Å². The fourth-order valence-corrected chi connectivity index (χ4v) is 4.30. The number of carboxylic acids is 1. The molecule has 1 atom stereocenters. The molecule has 0 amide bonds. The van der Waals surface area contributed by atoms with Crippen LogP contribution in [0.25, 0.3) is 11.1 Å². The molecule has 0 saturated carbocycles. The molecule has 1 unspecified atom stereocenters. The zero-order valence-electron chi connectivity index (χ0n) is 16.7.